The van der Waals surface area contributed by atoms with Crippen molar-refractivity contribution in [2.45, 2.75) is 26.4 Å². The molecule has 0 N–H and O–H groups in total. The lowest BCUT2D eigenvalue weighted by Crippen LogP contribution is -2.34. The molecule has 1 aromatic carbocycles. The van der Waals surface area contributed by atoms with E-state index in [0.717, 1.165) is 14.6 Å². The van der Waals surface area contributed by atoms with Crippen molar-refractivity contribution in [3.63, 3.8) is 0 Å². The minimum absolute atomic E-state index is 0.375. The van der Waals surface area contributed by atoms with Crippen LogP contribution in [0.4, 0.5) is 10.5 Å². The molecule has 0 radical (unpaired) electrons. The van der Waals surface area contributed by atoms with Gasteiger partial charge in [0.05, 0.1) is 5.69 Å². The van der Waals surface area contributed by atoms with E-state index in [1.165, 1.54) is 4.90 Å². The fraction of sp³-hybridized carbons (Fsp3) is 0.417. The van der Waals surface area contributed by atoms with Crippen molar-refractivity contribution in [2.24, 2.45) is 0 Å². The Morgan fingerprint density at radius 2 is 1.88 bits per heavy atom. The minimum Gasteiger partial charge on any atom is -0.443 e. The van der Waals surface area contributed by atoms with Crippen LogP contribution in [0.1, 0.15) is 20.8 Å². The molecule has 0 bridgehead atoms. The Kier molecular flexibility index (Phi) is 4.61. The first-order valence-corrected chi connectivity index (χ1v) is 6.71. The van der Waals surface area contributed by atoms with Crippen molar-refractivity contribution in [3.8, 4) is 0 Å². The van der Waals surface area contributed by atoms with Crippen LogP contribution in [-0.4, -0.2) is 18.7 Å². The molecule has 0 aliphatic carbocycles. The Hall–Kier alpha value is -0.550. The molecule has 0 fully saturated rings. The standard InChI is InChI=1S/C12H15Br2NO2/c1-12(2,3)17-11(16)15(4)10-6-5-8(13)7-9(10)14/h5-7H,1-4H3. The van der Waals surface area contributed by atoms with E-state index in [4.69, 9.17) is 4.74 Å². The molecular weight excluding hydrogens is 350 g/mol. The van der Waals surface area contributed by atoms with Crippen molar-refractivity contribution in [3.05, 3.63) is 27.1 Å². The minimum atomic E-state index is -0.493. The number of ether oxygens (including phenoxy) is 1. The molecule has 1 rings (SSSR count). The van der Waals surface area contributed by atoms with Crippen LogP contribution >= 0.6 is 31.9 Å². The predicted octanol–water partition coefficient (Wildman–Crippen LogP) is 4.58. The molecule has 3 nitrogen and oxygen atoms in total. The van der Waals surface area contributed by atoms with Crippen molar-refractivity contribution < 1.29 is 9.53 Å². The summed E-state index contributed by atoms with van der Waals surface area (Å²) in [5.74, 6) is 0. The van der Waals surface area contributed by atoms with Gasteiger partial charge in [-0.15, -0.1) is 0 Å². The van der Waals surface area contributed by atoms with E-state index in [-0.39, 0.29) is 6.09 Å². The summed E-state index contributed by atoms with van der Waals surface area (Å²) < 4.78 is 7.08. The van der Waals surface area contributed by atoms with Gasteiger partial charge in [-0.3, -0.25) is 4.90 Å². The van der Waals surface area contributed by atoms with Crippen LogP contribution in [0.3, 0.4) is 0 Å². The lowest BCUT2D eigenvalue weighted by Gasteiger charge is -2.25. The molecule has 0 aromatic heterocycles. The number of halogens is 2. The normalized spacial score (nSPS) is 11.2. The van der Waals surface area contributed by atoms with Gasteiger partial charge < -0.3 is 4.74 Å². The summed E-state index contributed by atoms with van der Waals surface area (Å²) in [6.07, 6.45) is -0.375. The van der Waals surface area contributed by atoms with Crippen LogP contribution in [0.25, 0.3) is 0 Å². The molecule has 0 aliphatic rings. The fourth-order valence-electron chi connectivity index (χ4n) is 1.18. The SMILES string of the molecule is CN(C(=O)OC(C)(C)C)c1ccc(Br)cc1Br. The Morgan fingerprint density at radius 3 is 2.35 bits per heavy atom. The average molecular weight is 365 g/mol. The van der Waals surface area contributed by atoms with Gasteiger partial charge in [0, 0.05) is 16.0 Å². The summed E-state index contributed by atoms with van der Waals surface area (Å²) in [6.45, 7) is 5.53. The number of carbonyl (C=O) groups excluding carboxylic acids is 1. The number of nitrogens with zero attached hydrogens (tertiary/aromatic N) is 1. The van der Waals surface area contributed by atoms with E-state index < -0.39 is 5.60 Å². The van der Waals surface area contributed by atoms with Crippen LogP contribution in [0.5, 0.6) is 0 Å². The smallest absolute Gasteiger partial charge is 0.414 e. The average Bonchev–Trinajstić information content (AvgIpc) is 2.14. The van der Waals surface area contributed by atoms with Crippen LogP contribution < -0.4 is 4.90 Å². The highest BCUT2D eigenvalue weighted by atomic mass is 79.9. The second kappa shape index (κ2) is 5.40. The van der Waals surface area contributed by atoms with Gasteiger partial charge in [0.2, 0.25) is 0 Å². The quantitative estimate of drug-likeness (QED) is 0.729. The molecule has 1 aromatic rings. The zero-order chi connectivity index (χ0) is 13.2. The Morgan fingerprint density at radius 1 is 1.29 bits per heavy atom. The zero-order valence-electron chi connectivity index (χ0n) is 10.3. The molecular formula is C12H15Br2NO2. The first kappa shape index (κ1) is 14.5. The van der Waals surface area contributed by atoms with Crippen LogP contribution in [0.15, 0.2) is 27.1 Å². The zero-order valence-corrected chi connectivity index (χ0v) is 13.4. The van der Waals surface area contributed by atoms with E-state index in [1.54, 1.807) is 7.05 Å². The van der Waals surface area contributed by atoms with E-state index in [9.17, 15) is 4.79 Å². The maximum absolute atomic E-state index is 11.9. The van der Waals surface area contributed by atoms with E-state index in [1.807, 2.05) is 39.0 Å². The molecule has 0 saturated heterocycles. The van der Waals surface area contributed by atoms with Gasteiger partial charge in [-0.25, -0.2) is 4.79 Å². The number of benzene rings is 1. The van der Waals surface area contributed by atoms with Gasteiger partial charge >= 0.3 is 6.09 Å². The van der Waals surface area contributed by atoms with Crippen molar-refractivity contribution in [2.75, 3.05) is 11.9 Å². The Bertz CT molecular complexity index is 427. The first-order chi connectivity index (χ1) is 7.70. The molecule has 17 heavy (non-hydrogen) atoms. The van der Waals surface area contributed by atoms with Gasteiger partial charge in [0.25, 0.3) is 0 Å². The van der Waals surface area contributed by atoms with E-state index in [0.29, 0.717) is 0 Å². The van der Waals surface area contributed by atoms with Crippen molar-refractivity contribution in [1.29, 1.82) is 0 Å². The number of carbonyl (C=O) groups is 1. The van der Waals surface area contributed by atoms with Gasteiger partial charge in [-0.2, -0.15) is 0 Å². The van der Waals surface area contributed by atoms with E-state index in [2.05, 4.69) is 31.9 Å². The summed E-state index contributed by atoms with van der Waals surface area (Å²) in [4.78, 5) is 13.3. The maximum Gasteiger partial charge on any atom is 0.414 e. The molecule has 5 heteroatoms. The predicted molar refractivity (Wildman–Crippen MR) is 76.5 cm³/mol. The summed E-state index contributed by atoms with van der Waals surface area (Å²) in [5.41, 5.74) is 0.273. The monoisotopic (exact) mass is 363 g/mol. The summed E-state index contributed by atoms with van der Waals surface area (Å²) in [6, 6.07) is 5.61. The third-order valence-corrected chi connectivity index (χ3v) is 3.07. The Balaban J connectivity index is 2.89. The molecule has 1 amide bonds. The number of hydrogen-bond donors (Lipinski definition) is 0. The molecule has 0 spiro atoms. The van der Waals surface area contributed by atoms with Crippen LogP contribution in [0, 0.1) is 0 Å². The van der Waals surface area contributed by atoms with Gasteiger partial charge in [-0.05, 0) is 54.9 Å². The highest BCUT2D eigenvalue weighted by Crippen LogP contribution is 2.29. The summed E-state index contributed by atoms with van der Waals surface area (Å²) >= 11 is 6.78. The third kappa shape index (κ3) is 4.32. The summed E-state index contributed by atoms with van der Waals surface area (Å²) in [7, 11) is 1.68. The number of anilines is 1. The number of rotatable bonds is 1. The van der Waals surface area contributed by atoms with E-state index >= 15 is 0 Å². The molecule has 0 atom stereocenters. The molecule has 0 unspecified atom stereocenters. The van der Waals surface area contributed by atoms with Gasteiger partial charge in [0.1, 0.15) is 5.60 Å². The van der Waals surface area contributed by atoms with Crippen LogP contribution in [0.2, 0.25) is 0 Å². The topological polar surface area (TPSA) is 29.5 Å². The molecule has 0 aliphatic heterocycles. The third-order valence-electron chi connectivity index (χ3n) is 1.94. The largest absolute Gasteiger partial charge is 0.443 e. The fourth-order valence-corrected chi connectivity index (χ4v) is 2.50. The highest BCUT2D eigenvalue weighted by Gasteiger charge is 2.21. The van der Waals surface area contributed by atoms with Crippen molar-refractivity contribution >= 4 is 43.6 Å². The second-order valence-corrected chi connectivity index (χ2v) is 6.41. The van der Waals surface area contributed by atoms with Gasteiger partial charge in [-0.1, -0.05) is 15.9 Å². The maximum atomic E-state index is 11.9. The second-order valence-electron chi connectivity index (χ2n) is 4.64. The lowest BCUT2D eigenvalue weighted by molar-refractivity contribution is 0.0589. The van der Waals surface area contributed by atoms with Crippen LogP contribution in [-0.2, 0) is 4.74 Å². The first-order valence-electron chi connectivity index (χ1n) is 5.12. The number of amides is 1. The Labute approximate surface area is 118 Å². The molecule has 0 saturated carbocycles. The molecule has 0 heterocycles. The molecule has 94 valence electrons. The number of hydrogen-bond acceptors (Lipinski definition) is 2. The summed E-state index contributed by atoms with van der Waals surface area (Å²) in [5, 5.41) is 0. The van der Waals surface area contributed by atoms with Crippen molar-refractivity contribution in [1.82, 2.24) is 0 Å². The highest BCUT2D eigenvalue weighted by molar-refractivity contribution is 9.11. The van der Waals surface area contributed by atoms with Gasteiger partial charge in [0.15, 0.2) is 0 Å². The lowest BCUT2D eigenvalue weighted by atomic mass is 10.2.